The van der Waals surface area contributed by atoms with Gasteiger partial charge in [-0.15, -0.1) is 11.3 Å². The summed E-state index contributed by atoms with van der Waals surface area (Å²) < 4.78 is 1.16. The monoisotopic (exact) mass is 263 g/mol. The molecule has 2 aromatic rings. The zero-order valence-electron chi connectivity index (χ0n) is 10.2. The minimum absolute atomic E-state index is 0.195. The maximum atomic E-state index is 12.1. The molecule has 0 radical (unpaired) electrons. The van der Waals surface area contributed by atoms with E-state index in [1.54, 1.807) is 23.3 Å². The Labute approximate surface area is 108 Å². The standard InChI is InChI=1S/C12H13N3O2S/c1-14(8-9-4-3-7-18-9)12(17)10-5-6-11(16)15(2)13-10/h3-7H,8H2,1-2H3. The van der Waals surface area contributed by atoms with Gasteiger partial charge in [-0.25, -0.2) is 4.68 Å². The fourth-order valence-corrected chi connectivity index (χ4v) is 2.28. The van der Waals surface area contributed by atoms with Crippen LogP contribution in [-0.2, 0) is 13.6 Å². The highest BCUT2D eigenvalue weighted by Crippen LogP contribution is 2.12. The summed E-state index contributed by atoms with van der Waals surface area (Å²) in [4.78, 5) is 26.0. The van der Waals surface area contributed by atoms with Crippen LogP contribution in [0.15, 0.2) is 34.4 Å². The number of hydrogen-bond acceptors (Lipinski definition) is 4. The Kier molecular flexibility index (Phi) is 3.57. The molecule has 0 spiro atoms. The molecule has 0 aliphatic heterocycles. The number of aryl methyl sites for hydroxylation is 1. The van der Waals surface area contributed by atoms with E-state index in [0.29, 0.717) is 6.54 Å². The molecular formula is C12H13N3O2S. The topological polar surface area (TPSA) is 55.2 Å². The molecule has 0 saturated carbocycles. The van der Waals surface area contributed by atoms with Crippen LogP contribution >= 0.6 is 11.3 Å². The van der Waals surface area contributed by atoms with E-state index in [9.17, 15) is 9.59 Å². The molecule has 18 heavy (non-hydrogen) atoms. The number of rotatable bonds is 3. The van der Waals surface area contributed by atoms with Crippen LogP contribution in [0.5, 0.6) is 0 Å². The summed E-state index contributed by atoms with van der Waals surface area (Å²) in [6.45, 7) is 0.543. The molecule has 0 N–H and O–H groups in total. The molecule has 0 atom stereocenters. The Balaban J connectivity index is 2.15. The predicted octanol–water partition coefficient (Wildman–Crippen LogP) is 1.11. The lowest BCUT2D eigenvalue weighted by molar-refractivity contribution is 0.0778. The van der Waals surface area contributed by atoms with E-state index in [1.807, 2.05) is 17.5 Å². The van der Waals surface area contributed by atoms with Crippen LogP contribution in [0.2, 0.25) is 0 Å². The van der Waals surface area contributed by atoms with Gasteiger partial charge in [0.05, 0.1) is 6.54 Å². The van der Waals surface area contributed by atoms with E-state index in [1.165, 1.54) is 19.2 Å². The zero-order valence-corrected chi connectivity index (χ0v) is 11.0. The second-order valence-electron chi connectivity index (χ2n) is 3.92. The molecule has 2 rings (SSSR count). The van der Waals surface area contributed by atoms with Crippen molar-refractivity contribution >= 4 is 17.2 Å². The van der Waals surface area contributed by atoms with Gasteiger partial charge in [0.1, 0.15) is 5.69 Å². The van der Waals surface area contributed by atoms with Gasteiger partial charge in [0.25, 0.3) is 11.5 Å². The average molecular weight is 263 g/mol. The molecule has 0 aliphatic carbocycles. The molecule has 0 unspecified atom stereocenters. The van der Waals surface area contributed by atoms with Crippen LogP contribution in [0.25, 0.3) is 0 Å². The third kappa shape index (κ3) is 2.65. The van der Waals surface area contributed by atoms with E-state index in [-0.39, 0.29) is 17.2 Å². The van der Waals surface area contributed by atoms with Gasteiger partial charge in [0.15, 0.2) is 0 Å². The third-order valence-corrected chi connectivity index (χ3v) is 3.36. The molecule has 5 nitrogen and oxygen atoms in total. The quantitative estimate of drug-likeness (QED) is 0.833. The highest BCUT2D eigenvalue weighted by Gasteiger charge is 2.14. The Bertz CT molecular complexity index is 604. The number of aromatic nitrogens is 2. The first-order valence-electron chi connectivity index (χ1n) is 5.40. The number of carbonyl (C=O) groups excluding carboxylic acids is 1. The normalized spacial score (nSPS) is 10.3. The van der Waals surface area contributed by atoms with Crippen molar-refractivity contribution in [3.8, 4) is 0 Å². The molecule has 0 aromatic carbocycles. The van der Waals surface area contributed by atoms with Crippen molar-refractivity contribution in [2.75, 3.05) is 7.05 Å². The van der Waals surface area contributed by atoms with Crippen molar-refractivity contribution in [1.29, 1.82) is 0 Å². The molecule has 2 aromatic heterocycles. The minimum atomic E-state index is -0.229. The highest BCUT2D eigenvalue weighted by atomic mass is 32.1. The predicted molar refractivity (Wildman–Crippen MR) is 69.6 cm³/mol. The molecule has 2 heterocycles. The van der Waals surface area contributed by atoms with Gasteiger partial charge in [-0.1, -0.05) is 6.07 Å². The summed E-state index contributed by atoms with van der Waals surface area (Å²) >= 11 is 1.60. The van der Waals surface area contributed by atoms with Gasteiger partial charge in [0.2, 0.25) is 0 Å². The van der Waals surface area contributed by atoms with E-state index in [2.05, 4.69) is 5.10 Å². The van der Waals surface area contributed by atoms with E-state index < -0.39 is 0 Å². The van der Waals surface area contributed by atoms with E-state index >= 15 is 0 Å². The summed E-state index contributed by atoms with van der Waals surface area (Å²) in [7, 11) is 3.24. The summed E-state index contributed by atoms with van der Waals surface area (Å²) in [5.41, 5.74) is 0.0450. The molecule has 6 heteroatoms. The van der Waals surface area contributed by atoms with Crippen LogP contribution in [0.3, 0.4) is 0 Å². The lowest BCUT2D eigenvalue weighted by Gasteiger charge is -2.15. The molecule has 1 amide bonds. The first kappa shape index (κ1) is 12.5. The van der Waals surface area contributed by atoms with Gasteiger partial charge in [0, 0.05) is 25.0 Å². The van der Waals surface area contributed by atoms with Gasteiger partial charge in [-0.05, 0) is 17.5 Å². The fourth-order valence-electron chi connectivity index (χ4n) is 1.52. The van der Waals surface area contributed by atoms with Gasteiger partial charge in [-0.3, -0.25) is 9.59 Å². The molecule has 0 bridgehead atoms. The summed E-state index contributed by atoms with van der Waals surface area (Å²) in [6.07, 6.45) is 0. The fraction of sp³-hybridized carbons (Fsp3) is 0.250. The number of nitrogens with zero attached hydrogens (tertiary/aromatic N) is 3. The largest absolute Gasteiger partial charge is 0.335 e. The lowest BCUT2D eigenvalue weighted by Crippen LogP contribution is -2.29. The maximum Gasteiger partial charge on any atom is 0.274 e. The van der Waals surface area contributed by atoms with Crippen LogP contribution in [0.1, 0.15) is 15.4 Å². The Morgan fingerprint density at radius 3 is 2.83 bits per heavy atom. The molecule has 0 fully saturated rings. The van der Waals surface area contributed by atoms with E-state index in [0.717, 1.165) is 9.56 Å². The van der Waals surface area contributed by atoms with Crippen molar-refractivity contribution in [2.45, 2.75) is 6.54 Å². The molecular weight excluding hydrogens is 250 g/mol. The van der Waals surface area contributed by atoms with Gasteiger partial charge in [-0.2, -0.15) is 5.10 Å². The second-order valence-corrected chi connectivity index (χ2v) is 4.95. The van der Waals surface area contributed by atoms with Crippen LogP contribution in [-0.4, -0.2) is 27.6 Å². The highest BCUT2D eigenvalue weighted by molar-refractivity contribution is 7.09. The Morgan fingerprint density at radius 2 is 2.22 bits per heavy atom. The third-order valence-electron chi connectivity index (χ3n) is 2.50. The maximum absolute atomic E-state index is 12.1. The SMILES string of the molecule is CN(Cc1cccs1)C(=O)c1ccc(=O)n(C)n1. The van der Waals surface area contributed by atoms with Crippen molar-refractivity contribution in [2.24, 2.45) is 7.05 Å². The lowest BCUT2D eigenvalue weighted by atomic mass is 10.3. The second kappa shape index (κ2) is 5.14. The number of hydrogen-bond donors (Lipinski definition) is 0. The van der Waals surface area contributed by atoms with Gasteiger partial charge < -0.3 is 4.90 Å². The van der Waals surface area contributed by atoms with Crippen molar-refractivity contribution in [1.82, 2.24) is 14.7 Å². The molecule has 0 saturated heterocycles. The number of carbonyl (C=O) groups is 1. The van der Waals surface area contributed by atoms with Crippen LogP contribution < -0.4 is 5.56 Å². The van der Waals surface area contributed by atoms with Gasteiger partial charge >= 0.3 is 0 Å². The van der Waals surface area contributed by atoms with E-state index in [4.69, 9.17) is 0 Å². The first-order valence-corrected chi connectivity index (χ1v) is 6.28. The smallest absolute Gasteiger partial charge is 0.274 e. The minimum Gasteiger partial charge on any atom is -0.335 e. The van der Waals surface area contributed by atoms with Crippen molar-refractivity contribution < 1.29 is 4.79 Å². The summed E-state index contributed by atoms with van der Waals surface area (Å²) in [5.74, 6) is -0.195. The first-order chi connectivity index (χ1) is 8.58. The van der Waals surface area contributed by atoms with Crippen LogP contribution in [0, 0.1) is 0 Å². The molecule has 0 aliphatic rings. The summed E-state index contributed by atoms with van der Waals surface area (Å²) in [5, 5.41) is 5.91. The number of amides is 1. The Hall–Kier alpha value is -1.95. The number of thiophene rings is 1. The Morgan fingerprint density at radius 1 is 1.44 bits per heavy atom. The zero-order chi connectivity index (χ0) is 13.1. The van der Waals surface area contributed by atoms with Crippen LogP contribution in [0.4, 0.5) is 0 Å². The van der Waals surface area contributed by atoms with Crippen molar-refractivity contribution in [3.63, 3.8) is 0 Å². The summed E-state index contributed by atoms with van der Waals surface area (Å²) in [6, 6.07) is 6.72. The average Bonchev–Trinajstić information content (AvgIpc) is 2.84. The molecule has 94 valence electrons. The van der Waals surface area contributed by atoms with Crippen molar-refractivity contribution in [3.05, 3.63) is 50.6 Å².